The first-order valence-corrected chi connectivity index (χ1v) is 5.98. The quantitative estimate of drug-likeness (QED) is 0.775. The van der Waals surface area contributed by atoms with Gasteiger partial charge in [0.15, 0.2) is 0 Å². The van der Waals surface area contributed by atoms with Crippen molar-refractivity contribution in [3.63, 3.8) is 0 Å². The third kappa shape index (κ3) is 3.45. The summed E-state index contributed by atoms with van der Waals surface area (Å²) in [5, 5.41) is 0. The SMILES string of the molecule is Brc1cccc(OCCCC2OC=CO2)c1. The van der Waals surface area contributed by atoms with Crippen LogP contribution in [0.1, 0.15) is 12.8 Å². The maximum Gasteiger partial charge on any atom is 0.239 e. The molecule has 1 heterocycles. The van der Waals surface area contributed by atoms with Crippen molar-refractivity contribution in [3.05, 3.63) is 41.3 Å². The van der Waals surface area contributed by atoms with Crippen LogP contribution in [0.15, 0.2) is 41.3 Å². The van der Waals surface area contributed by atoms with Crippen LogP contribution in [0.5, 0.6) is 5.75 Å². The second kappa shape index (κ2) is 5.80. The molecule has 0 bridgehead atoms. The monoisotopic (exact) mass is 284 g/mol. The van der Waals surface area contributed by atoms with Crippen LogP contribution in [-0.2, 0) is 9.47 Å². The van der Waals surface area contributed by atoms with Crippen LogP contribution in [0.2, 0.25) is 0 Å². The highest BCUT2D eigenvalue weighted by molar-refractivity contribution is 9.10. The van der Waals surface area contributed by atoms with Crippen LogP contribution in [0.4, 0.5) is 0 Å². The lowest BCUT2D eigenvalue weighted by molar-refractivity contribution is -0.0310. The molecule has 1 aliphatic heterocycles. The van der Waals surface area contributed by atoms with E-state index in [2.05, 4.69) is 15.9 Å². The van der Waals surface area contributed by atoms with Crippen molar-refractivity contribution < 1.29 is 14.2 Å². The molecule has 0 aromatic heterocycles. The molecule has 0 spiro atoms. The van der Waals surface area contributed by atoms with Gasteiger partial charge in [-0.1, -0.05) is 22.0 Å². The molecule has 1 aromatic rings. The second-order valence-electron chi connectivity index (χ2n) is 3.42. The summed E-state index contributed by atoms with van der Waals surface area (Å²) in [7, 11) is 0. The average Bonchev–Trinajstić information content (AvgIpc) is 2.77. The van der Waals surface area contributed by atoms with Crippen LogP contribution in [0, 0.1) is 0 Å². The molecular formula is C12H13BrO3. The van der Waals surface area contributed by atoms with Gasteiger partial charge in [0, 0.05) is 10.9 Å². The molecule has 0 saturated heterocycles. The lowest BCUT2D eigenvalue weighted by Gasteiger charge is -2.10. The molecule has 1 aromatic carbocycles. The molecule has 0 atom stereocenters. The Morgan fingerprint density at radius 2 is 2.06 bits per heavy atom. The van der Waals surface area contributed by atoms with E-state index < -0.39 is 0 Å². The van der Waals surface area contributed by atoms with Crippen molar-refractivity contribution in [3.8, 4) is 5.75 Å². The molecular weight excluding hydrogens is 272 g/mol. The minimum atomic E-state index is -0.133. The van der Waals surface area contributed by atoms with Crippen molar-refractivity contribution in [1.29, 1.82) is 0 Å². The summed E-state index contributed by atoms with van der Waals surface area (Å²) in [4.78, 5) is 0. The van der Waals surface area contributed by atoms with Gasteiger partial charge < -0.3 is 14.2 Å². The lowest BCUT2D eigenvalue weighted by atomic mass is 10.3. The Morgan fingerprint density at radius 1 is 1.25 bits per heavy atom. The Kier molecular flexibility index (Phi) is 4.10. The van der Waals surface area contributed by atoms with Crippen molar-refractivity contribution in [1.82, 2.24) is 0 Å². The number of halogens is 1. The molecule has 1 aliphatic rings. The highest BCUT2D eigenvalue weighted by atomic mass is 79.9. The molecule has 86 valence electrons. The van der Waals surface area contributed by atoms with E-state index in [1.165, 1.54) is 0 Å². The molecule has 0 N–H and O–H groups in total. The van der Waals surface area contributed by atoms with Crippen LogP contribution in [0.3, 0.4) is 0 Å². The maximum atomic E-state index is 5.59. The fourth-order valence-electron chi connectivity index (χ4n) is 1.40. The van der Waals surface area contributed by atoms with E-state index >= 15 is 0 Å². The number of hydrogen-bond donors (Lipinski definition) is 0. The fraction of sp³-hybridized carbons (Fsp3) is 0.333. The molecule has 0 fully saturated rings. The summed E-state index contributed by atoms with van der Waals surface area (Å²) < 4.78 is 16.9. The van der Waals surface area contributed by atoms with E-state index in [9.17, 15) is 0 Å². The first-order chi connectivity index (χ1) is 7.84. The van der Waals surface area contributed by atoms with E-state index in [1.54, 1.807) is 12.5 Å². The van der Waals surface area contributed by atoms with Gasteiger partial charge in [0.05, 0.1) is 6.61 Å². The second-order valence-corrected chi connectivity index (χ2v) is 4.34. The first kappa shape index (κ1) is 11.3. The first-order valence-electron chi connectivity index (χ1n) is 5.19. The fourth-order valence-corrected chi connectivity index (χ4v) is 1.78. The van der Waals surface area contributed by atoms with E-state index in [1.807, 2.05) is 24.3 Å². The normalized spacial score (nSPS) is 14.6. The molecule has 0 unspecified atom stereocenters. The van der Waals surface area contributed by atoms with Crippen molar-refractivity contribution in [2.45, 2.75) is 19.1 Å². The minimum absolute atomic E-state index is 0.133. The number of rotatable bonds is 5. The molecule has 0 saturated carbocycles. The van der Waals surface area contributed by atoms with E-state index in [0.717, 1.165) is 23.1 Å². The van der Waals surface area contributed by atoms with Gasteiger partial charge in [-0.25, -0.2) is 0 Å². The standard InChI is InChI=1S/C12H13BrO3/c13-10-3-1-4-11(9-10)14-6-2-5-12-15-7-8-16-12/h1,3-4,7-9,12H,2,5-6H2. The zero-order valence-corrected chi connectivity index (χ0v) is 10.4. The van der Waals surface area contributed by atoms with Crippen LogP contribution < -0.4 is 4.74 Å². The minimum Gasteiger partial charge on any atom is -0.494 e. The molecule has 0 amide bonds. The zero-order chi connectivity index (χ0) is 11.2. The summed E-state index contributed by atoms with van der Waals surface area (Å²) >= 11 is 3.40. The predicted molar refractivity (Wildman–Crippen MR) is 64.0 cm³/mol. The lowest BCUT2D eigenvalue weighted by Crippen LogP contribution is -2.09. The van der Waals surface area contributed by atoms with Crippen molar-refractivity contribution in [2.24, 2.45) is 0 Å². The van der Waals surface area contributed by atoms with Crippen LogP contribution in [-0.4, -0.2) is 12.9 Å². The summed E-state index contributed by atoms with van der Waals surface area (Å²) in [5.41, 5.74) is 0. The largest absolute Gasteiger partial charge is 0.494 e. The smallest absolute Gasteiger partial charge is 0.239 e. The maximum absolute atomic E-state index is 5.59. The third-order valence-electron chi connectivity index (χ3n) is 2.17. The van der Waals surface area contributed by atoms with Gasteiger partial charge in [-0.3, -0.25) is 0 Å². The molecule has 2 rings (SSSR count). The number of ether oxygens (including phenoxy) is 3. The Balaban J connectivity index is 1.64. The van der Waals surface area contributed by atoms with Crippen molar-refractivity contribution in [2.75, 3.05) is 6.61 Å². The molecule has 0 radical (unpaired) electrons. The average molecular weight is 285 g/mol. The van der Waals surface area contributed by atoms with E-state index in [-0.39, 0.29) is 6.29 Å². The zero-order valence-electron chi connectivity index (χ0n) is 8.77. The van der Waals surface area contributed by atoms with Crippen LogP contribution >= 0.6 is 15.9 Å². The highest BCUT2D eigenvalue weighted by Crippen LogP contribution is 2.18. The van der Waals surface area contributed by atoms with Gasteiger partial charge in [0.2, 0.25) is 6.29 Å². The van der Waals surface area contributed by atoms with Crippen molar-refractivity contribution >= 4 is 15.9 Å². The van der Waals surface area contributed by atoms with Gasteiger partial charge >= 0.3 is 0 Å². The summed E-state index contributed by atoms with van der Waals surface area (Å²) in [5.74, 6) is 0.876. The topological polar surface area (TPSA) is 27.7 Å². The Labute approximate surface area is 103 Å². The number of hydrogen-bond acceptors (Lipinski definition) is 3. The van der Waals surface area contributed by atoms with Crippen LogP contribution in [0.25, 0.3) is 0 Å². The van der Waals surface area contributed by atoms with E-state index in [0.29, 0.717) is 6.61 Å². The Hall–Kier alpha value is -1.16. The molecule has 0 aliphatic carbocycles. The summed E-state index contributed by atoms with van der Waals surface area (Å²) in [6.45, 7) is 0.666. The summed E-state index contributed by atoms with van der Waals surface area (Å²) in [6.07, 6.45) is 4.74. The van der Waals surface area contributed by atoms with E-state index in [4.69, 9.17) is 14.2 Å². The van der Waals surface area contributed by atoms with Gasteiger partial charge in [0.25, 0.3) is 0 Å². The van der Waals surface area contributed by atoms with Gasteiger partial charge in [-0.15, -0.1) is 0 Å². The molecule has 4 heteroatoms. The Bertz CT molecular complexity index is 357. The number of benzene rings is 1. The van der Waals surface area contributed by atoms with Gasteiger partial charge in [-0.05, 0) is 24.6 Å². The highest BCUT2D eigenvalue weighted by Gasteiger charge is 2.11. The Morgan fingerprint density at radius 3 is 2.81 bits per heavy atom. The molecule has 3 nitrogen and oxygen atoms in total. The summed E-state index contributed by atoms with van der Waals surface area (Å²) in [6, 6.07) is 7.81. The van der Waals surface area contributed by atoms with Gasteiger partial charge in [-0.2, -0.15) is 0 Å². The third-order valence-corrected chi connectivity index (χ3v) is 2.66. The van der Waals surface area contributed by atoms with Gasteiger partial charge in [0.1, 0.15) is 18.3 Å². The molecule has 16 heavy (non-hydrogen) atoms. The predicted octanol–water partition coefficient (Wildman–Crippen LogP) is 3.45.